The summed E-state index contributed by atoms with van der Waals surface area (Å²) in [4.78, 5) is 22.8. The number of carbonyl (C=O) groups excluding carboxylic acids is 1. The predicted octanol–water partition coefficient (Wildman–Crippen LogP) is 2.03. The van der Waals surface area contributed by atoms with Crippen LogP contribution in [0.15, 0.2) is 18.2 Å². The smallest absolute Gasteiger partial charge is 0.306 e. The standard InChI is InChI=1S/C13H14ClNO4/c14-11-4-3-9(16)6-10(11)12(17)15-8-2-1-7(5-8)13(18)19/h3-4,6-8,16H,1-2,5H2,(H,15,17)(H,18,19). The van der Waals surface area contributed by atoms with Crippen LogP contribution in [-0.4, -0.2) is 28.1 Å². The molecule has 102 valence electrons. The maximum Gasteiger partial charge on any atom is 0.306 e. The first-order valence-corrected chi connectivity index (χ1v) is 6.37. The van der Waals surface area contributed by atoms with E-state index in [0.29, 0.717) is 19.3 Å². The van der Waals surface area contributed by atoms with E-state index in [1.165, 1.54) is 18.2 Å². The second-order valence-electron chi connectivity index (χ2n) is 4.68. The lowest BCUT2D eigenvalue weighted by atomic mass is 10.1. The number of hydrogen-bond donors (Lipinski definition) is 3. The van der Waals surface area contributed by atoms with E-state index >= 15 is 0 Å². The molecule has 1 aliphatic rings. The van der Waals surface area contributed by atoms with Crippen molar-refractivity contribution in [2.75, 3.05) is 0 Å². The van der Waals surface area contributed by atoms with E-state index in [1.54, 1.807) is 0 Å². The number of nitrogens with one attached hydrogen (secondary N) is 1. The van der Waals surface area contributed by atoms with Crippen molar-refractivity contribution in [3.05, 3.63) is 28.8 Å². The summed E-state index contributed by atoms with van der Waals surface area (Å²) >= 11 is 5.89. The molecule has 2 atom stereocenters. The molecule has 0 saturated heterocycles. The number of hydrogen-bond acceptors (Lipinski definition) is 3. The molecule has 19 heavy (non-hydrogen) atoms. The summed E-state index contributed by atoms with van der Waals surface area (Å²) in [5, 5.41) is 21.2. The molecule has 2 rings (SSSR count). The molecule has 0 heterocycles. The van der Waals surface area contributed by atoms with Crippen molar-refractivity contribution in [3.8, 4) is 5.75 Å². The number of phenols is 1. The minimum absolute atomic E-state index is 0.0376. The summed E-state index contributed by atoms with van der Waals surface area (Å²) in [6.45, 7) is 0. The van der Waals surface area contributed by atoms with Gasteiger partial charge in [0.2, 0.25) is 0 Å². The van der Waals surface area contributed by atoms with E-state index in [1.807, 2.05) is 0 Å². The molecular weight excluding hydrogens is 270 g/mol. The third-order valence-corrected chi connectivity index (χ3v) is 3.64. The number of aliphatic carboxylic acids is 1. The summed E-state index contributed by atoms with van der Waals surface area (Å²) in [5.74, 6) is -1.65. The Kier molecular flexibility index (Phi) is 3.95. The van der Waals surface area contributed by atoms with Crippen molar-refractivity contribution in [2.45, 2.75) is 25.3 Å². The molecule has 3 N–H and O–H groups in total. The van der Waals surface area contributed by atoms with Crippen LogP contribution in [-0.2, 0) is 4.79 Å². The third-order valence-electron chi connectivity index (χ3n) is 3.31. The Morgan fingerprint density at radius 3 is 2.68 bits per heavy atom. The zero-order valence-corrected chi connectivity index (χ0v) is 10.9. The maximum atomic E-state index is 12.0. The van der Waals surface area contributed by atoms with E-state index in [4.69, 9.17) is 16.7 Å². The number of carbonyl (C=O) groups is 2. The van der Waals surface area contributed by atoms with Crippen LogP contribution in [0.5, 0.6) is 5.75 Å². The van der Waals surface area contributed by atoms with Crippen molar-refractivity contribution in [1.29, 1.82) is 0 Å². The number of benzene rings is 1. The maximum absolute atomic E-state index is 12.0. The Bertz CT molecular complexity index is 517. The van der Waals surface area contributed by atoms with Crippen molar-refractivity contribution in [3.63, 3.8) is 0 Å². The monoisotopic (exact) mass is 283 g/mol. The van der Waals surface area contributed by atoms with Gasteiger partial charge in [-0.3, -0.25) is 9.59 Å². The number of carboxylic acid groups (broad SMARTS) is 1. The van der Waals surface area contributed by atoms with Crippen molar-refractivity contribution in [1.82, 2.24) is 5.32 Å². The number of amides is 1. The van der Waals surface area contributed by atoms with Gasteiger partial charge in [0.15, 0.2) is 0 Å². The van der Waals surface area contributed by atoms with Gasteiger partial charge >= 0.3 is 5.97 Å². The number of phenolic OH excluding ortho intramolecular Hbond substituents is 1. The first-order chi connectivity index (χ1) is 8.97. The van der Waals surface area contributed by atoms with Crippen LogP contribution in [0.3, 0.4) is 0 Å². The fourth-order valence-electron chi connectivity index (χ4n) is 2.29. The molecule has 1 aliphatic carbocycles. The van der Waals surface area contributed by atoms with Gasteiger partial charge in [-0.25, -0.2) is 0 Å². The molecule has 0 bridgehead atoms. The lowest BCUT2D eigenvalue weighted by Crippen LogP contribution is -2.33. The highest BCUT2D eigenvalue weighted by molar-refractivity contribution is 6.33. The Morgan fingerprint density at radius 2 is 2.05 bits per heavy atom. The zero-order chi connectivity index (χ0) is 14.0. The Morgan fingerprint density at radius 1 is 1.32 bits per heavy atom. The summed E-state index contributed by atoms with van der Waals surface area (Å²) in [6.07, 6.45) is 1.63. The van der Waals surface area contributed by atoms with Gasteiger partial charge in [0, 0.05) is 6.04 Å². The van der Waals surface area contributed by atoms with Gasteiger partial charge in [0.1, 0.15) is 5.75 Å². The average molecular weight is 284 g/mol. The van der Waals surface area contributed by atoms with Gasteiger partial charge in [-0.1, -0.05) is 11.6 Å². The largest absolute Gasteiger partial charge is 0.508 e. The van der Waals surface area contributed by atoms with Crippen LogP contribution in [0.25, 0.3) is 0 Å². The van der Waals surface area contributed by atoms with Crippen LogP contribution in [0.2, 0.25) is 5.02 Å². The lowest BCUT2D eigenvalue weighted by molar-refractivity contribution is -0.141. The topological polar surface area (TPSA) is 86.6 Å². The van der Waals surface area contributed by atoms with Gasteiger partial charge in [-0.15, -0.1) is 0 Å². The van der Waals surface area contributed by atoms with Gasteiger partial charge in [0.05, 0.1) is 16.5 Å². The van der Waals surface area contributed by atoms with E-state index < -0.39 is 17.8 Å². The van der Waals surface area contributed by atoms with Crippen molar-refractivity contribution >= 4 is 23.5 Å². The van der Waals surface area contributed by atoms with Crippen molar-refractivity contribution in [2.24, 2.45) is 5.92 Å². The Hall–Kier alpha value is -1.75. The van der Waals surface area contributed by atoms with E-state index in [-0.39, 0.29) is 22.4 Å². The average Bonchev–Trinajstić information content (AvgIpc) is 2.80. The number of carboxylic acids is 1. The van der Waals surface area contributed by atoms with Gasteiger partial charge in [-0.2, -0.15) is 0 Å². The Balaban J connectivity index is 2.02. The zero-order valence-electron chi connectivity index (χ0n) is 10.1. The normalized spacial score (nSPS) is 22.2. The molecular formula is C13H14ClNO4. The molecule has 2 unspecified atom stereocenters. The number of halogens is 1. The summed E-state index contributed by atoms with van der Waals surface area (Å²) in [7, 11) is 0. The highest BCUT2D eigenvalue weighted by atomic mass is 35.5. The number of rotatable bonds is 3. The molecule has 1 fully saturated rings. The fraction of sp³-hybridized carbons (Fsp3) is 0.385. The van der Waals surface area contributed by atoms with Gasteiger partial charge in [-0.05, 0) is 37.5 Å². The summed E-state index contributed by atoms with van der Waals surface area (Å²) < 4.78 is 0. The van der Waals surface area contributed by atoms with Crippen LogP contribution in [0.4, 0.5) is 0 Å². The molecule has 0 aromatic heterocycles. The highest BCUT2D eigenvalue weighted by Crippen LogP contribution is 2.27. The molecule has 6 heteroatoms. The van der Waals surface area contributed by atoms with Crippen LogP contribution in [0.1, 0.15) is 29.6 Å². The highest BCUT2D eigenvalue weighted by Gasteiger charge is 2.30. The molecule has 0 spiro atoms. The SMILES string of the molecule is O=C(NC1CCC(C(=O)O)C1)c1cc(O)ccc1Cl. The second kappa shape index (κ2) is 5.48. The third kappa shape index (κ3) is 3.17. The summed E-state index contributed by atoms with van der Waals surface area (Å²) in [6, 6.07) is 3.98. The van der Waals surface area contributed by atoms with Gasteiger partial charge in [0.25, 0.3) is 5.91 Å². The van der Waals surface area contributed by atoms with Gasteiger partial charge < -0.3 is 15.5 Å². The minimum Gasteiger partial charge on any atom is -0.508 e. The number of aromatic hydroxyl groups is 1. The molecule has 1 aromatic carbocycles. The summed E-state index contributed by atoms with van der Waals surface area (Å²) in [5.41, 5.74) is 0.195. The predicted molar refractivity (Wildman–Crippen MR) is 69.3 cm³/mol. The molecule has 1 saturated carbocycles. The first-order valence-electron chi connectivity index (χ1n) is 5.99. The van der Waals surface area contributed by atoms with E-state index in [9.17, 15) is 14.7 Å². The minimum atomic E-state index is -0.827. The lowest BCUT2D eigenvalue weighted by Gasteiger charge is -2.13. The molecule has 1 amide bonds. The second-order valence-corrected chi connectivity index (χ2v) is 5.09. The molecule has 1 aromatic rings. The van der Waals surface area contributed by atoms with Crippen LogP contribution >= 0.6 is 11.6 Å². The molecule has 5 nitrogen and oxygen atoms in total. The molecule has 0 radical (unpaired) electrons. The van der Waals surface area contributed by atoms with Crippen LogP contribution < -0.4 is 5.32 Å². The Labute approximate surface area is 115 Å². The van der Waals surface area contributed by atoms with Crippen LogP contribution in [0, 0.1) is 5.92 Å². The van der Waals surface area contributed by atoms with E-state index in [0.717, 1.165) is 0 Å². The first kappa shape index (κ1) is 13.7. The van der Waals surface area contributed by atoms with E-state index in [2.05, 4.69) is 5.32 Å². The molecule has 0 aliphatic heterocycles. The quantitative estimate of drug-likeness (QED) is 0.792. The fourth-order valence-corrected chi connectivity index (χ4v) is 2.49. The van der Waals surface area contributed by atoms with Crippen molar-refractivity contribution < 1.29 is 19.8 Å².